The zero-order valence-electron chi connectivity index (χ0n) is 6.51. The highest BCUT2D eigenvalue weighted by Gasteiger charge is 2.29. The Hall–Kier alpha value is 0.160. The summed E-state index contributed by atoms with van der Waals surface area (Å²) in [6, 6.07) is 0. The van der Waals surface area contributed by atoms with Crippen LogP contribution in [0.3, 0.4) is 0 Å². The van der Waals surface area contributed by atoms with Crippen molar-refractivity contribution in [2.45, 2.75) is 37.0 Å². The second kappa shape index (κ2) is 4.41. The summed E-state index contributed by atoms with van der Waals surface area (Å²) in [5.74, 6) is 0. The number of hydrogen-bond donors (Lipinski definition) is 2. The number of halogens is 1. The molecule has 4 nitrogen and oxygen atoms in total. The van der Waals surface area contributed by atoms with Crippen LogP contribution < -0.4 is 0 Å². The maximum Gasteiger partial charge on any atom is 0.267 e. The zero-order chi connectivity index (χ0) is 8.48. The molecule has 0 heterocycles. The van der Waals surface area contributed by atoms with Crippen LogP contribution in [0.2, 0.25) is 0 Å². The van der Waals surface area contributed by atoms with Gasteiger partial charge in [-0.1, -0.05) is 0 Å². The lowest BCUT2D eigenvalue weighted by atomic mass is 9.97. The minimum atomic E-state index is -3.92. The van der Waals surface area contributed by atoms with Gasteiger partial charge in [0, 0.05) is 0 Å². The largest absolute Gasteiger partial charge is 0.393 e. The van der Waals surface area contributed by atoms with Crippen LogP contribution in [0.5, 0.6) is 0 Å². The number of aliphatic hydroxyl groups excluding tert-OH is 1. The van der Waals surface area contributed by atoms with Gasteiger partial charge in [-0.05, 0) is 25.7 Å². The Balaban J connectivity index is 0.00000121. The smallest absolute Gasteiger partial charge is 0.267 e. The first kappa shape index (κ1) is 12.2. The minimum Gasteiger partial charge on any atom is -0.393 e. The molecule has 2 N–H and O–H groups in total. The van der Waals surface area contributed by atoms with E-state index in [1.165, 1.54) is 0 Å². The van der Waals surface area contributed by atoms with Crippen molar-refractivity contribution < 1.29 is 18.1 Å². The predicted octanol–water partition coefficient (Wildman–Crippen LogP) is 0.600. The van der Waals surface area contributed by atoms with Gasteiger partial charge in [-0.25, -0.2) is 0 Å². The van der Waals surface area contributed by atoms with Crippen molar-refractivity contribution in [2.24, 2.45) is 0 Å². The van der Waals surface area contributed by atoms with E-state index in [2.05, 4.69) is 0 Å². The average molecular weight is 217 g/mol. The molecule has 0 aliphatic heterocycles. The fourth-order valence-corrected chi connectivity index (χ4v) is 2.32. The zero-order valence-corrected chi connectivity index (χ0v) is 8.14. The molecule has 6 heteroatoms. The van der Waals surface area contributed by atoms with E-state index in [0.717, 1.165) is 0 Å². The summed E-state index contributed by atoms with van der Waals surface area (Å²) >= 11 is 0. The Kier molecular flexibility index (Phi) is 4.47. The van der Waals surface area contributed by atoms with Crippen LogP contribution in [0, 0.1) is 0 Å². The molecule has 0 radical (unpaired) electrons. The number of rotatable bonds is 1. The molecule has 1 aliphatic rings. The highest BCUT2D eigenvalue weighted by atomic mass is 35.5. The fourth-order valence-electron chi connectivity index (χ4n) is 1.39. The van der Waals surface area contributed by atoms with Gasteiger partial charge in [0.1, 0.15) is 0 Å². The van der Waals surface area contributed by atoms with Gasteiger partial charge in [0.2, 0.25) is 0 Å². The van der Waals surface area contributed by atoms with E-state index >= 15 is 0 Å². The fraction of sp³-hybridized carbons (Fsp3) is 1.00. The molecule has 12 heavy (non-hydrogen) atoms. The Labute approximate surface area is 78.1 Å². The number of aliphatic hydroxyl groups is 1. The molecule has 1 fully saturated rings. The van der Waals surface area contributed by atoms with Crippen LogP contribution in [0.1, 0.15) is 25.7 Å². The first-order chi connectivity index (χ1) is 5.00. The van der Waals surface area contributed by atoms with Gasteiger partial charge in [-0.2, -0.15) is 8.42 Å². The lowest BCUT2D eigenvalue weighted by Gasteiger charge is -2.22. The van der Waals surface area contributed by atoms with Crippen LogP contribution in [0.4, 0.5) is 0 Å². The molecule has 0 aromatic carbocycles. The Bertz CT molecular complexity index is 226. The van der Waals surface area contributed by atoms with E-state index in [-0.39, 0.29) is 18.8 Å². The second-order valence-corrected chi connectivity index (χ2v) is 4.65. The molecule has 2 atom stereocenters. The summed E-state index contributed by atoms with van der Waals surface area (Å²) in [5.41, 5.74) is 0. The van der Waals surface area contributed by atoms with Gasteiger partial charge in [0.15, 0.2) is 0 Å². The van der Waals surface area contributed by atoms with E-state index in [0.29, 0.717) is 19.3 Å². The molecule has 0 amide bonds. The van der Waals surface area contributed by atoms with Crippen molar-refractivity contribution in [1.82, 2.24) is 0 Å². The van der Waals surface area contributed by atoms with E-state index in [1.807, 2.05) is 0 Å². The number of hydrogen-bond acceptors (Lipinski definition) is 3. The molecule has 0 aromatic heterocycles. The quantitative estimate of drug-likeness (QED) is 0.630. The molecule has 0 aromatic rings. The first-order valence-corrected chi connectivity index (χ1v) is 5.15. The summed E-state index contributed by atoms with van der Waals surface area (Å²) in [4.78, 5) is 0. The Morgan fingerprint density at radius 1 is 1.25 bits per heavy atom. The SMILES string of the molecule is Cl.O=S(=O)(O)C1CCCC(O)C1. The van der Waals surface area contributed by atoms with Crippen LogP contribution in [-0.2, 0) is 10.1 Å². The molecular formula is C6H13ClO4S. The van der Waals surface area contributed by atoms with Crippen LogP contribution in [0.15, 0.2) is 0 Å². The summed E-state index contributed by atoms with van der Waals surface area (Å²) in [6.07, 6.45) is 1.41. The van der Waals surface area contributed by atoms with E-state index < -0.39 is 21.5 Å². The standard InChI is InChI=1S/C6H12O4S.ClH/c7-5-2-1-3-6(4-5)11(8,9)10;/h5-7H,1-4H2,(H,8,9,10);1H. The lowest BCUT2D eigenvalue weighted by molar-refractivity contribution is 0.130. The topological polar surface area (TPSA) is 74.6 Å². The summed E-state index contributed by atoms with van der Waals surface area (Å²) < 4.78 is 29.8. The molecule has 1 aliphatic carbocycles. The van der Waals surface area contributed by atoms with Crippen LogP contribution >= 0.6 is 12.4 Å². The third-order valence-electron chi connectivity index (χ3n) is 2.02. The van der Waals surface area contributed by atoms with Crippen LogP contribution in [-0.4, -0.2) is 29.4 Å². The molecule has 2 unspecified atom stereocenters. The van der Waals surface area contributed by atoms with Gasteiger partial charge in [0.05, 0.1) is 11.4 Å². The van der Waals surface area contributed by atoms with Gasteiger partial charge in [-0.3, -0.25) is 4.55 Å². The van der Waals surface area contributed by atoms with Crippen molar-refractivity contribution in [3.05, 3.63) is 0 Å². The van der Waals surface area contributed by atoms with Crippen molar-refractivity contribution in [3.8, 4) is 0 Å². The van der Waals surface area contributed by atoms with E-state index in [4.69, 9.17) is 9.66 Å². The van der Waals surface area contributed by atoms with E-state index in [1.54, 1.807) is 0 Å². The predicted molar refractivity (Wildman–Crippen MR) is 47.1 cm³/mol. The molecule has 74 valence electrons. The molecular weight excluding hydrogens is 204 g/mol. The van der Waals surface area contributed by atoms with Crippen molar-refractivity contribution in [2.75, 3.05) is 0 Å². The Morgan fingerprint density at radius 3 is 2.17 bits per heavy atom. The maximum atomic E-state index is 10.6. The molecule has 0 bridgehead atoms. The lowest BCUT2D eigenvalue weighted by Crippen LogP contribution is -2.30. The van der Waals surface area contributed by atoms with Gasteiger partial charge in [-0.15, -0.1) is 12.4 Å². The highest BCUT2D eigenvalue weighted by Crippen LogP contribution is 2.23. The van der Waals surface area contributed by atoms with Crippen molar-refractivity contribution >= 4 is 22.5 Å². The van der Waals surface area contributed by atoms with Gasteiger partial charge >= 0.3 is 0 Å². The van der Waals surface area contributed by atoms with Gasteiger partial charge < -0.3 is 5.11 Å². The van der Waals surface area contributed by atoms with Gasteiger partial charge in [0.25, 0.3) is 10.1 Å². The summed E-state index contributed by atoms with van der Waals surface area (Å²) in [6.45, 7) is 0. The van der Waals surface area contributed by atoms with Crippen LogP contribution in [0.25, 0.3) is 0 Å². The molecule has 1 rings (SSSR count). The molecule has 0 spiro atoms. The maximum absolute atomic E-state index is 10.6. The Morgan fingerprint density at radius 2 is 1.83 bits per heavy atom. The molecule has 1 saturated carbocycles. The summed E-state index contributed by atoms with van der Waals surface area (Å²) in [5, 5.41) is 8.32. The van der Waals surface area contributed by atoms with Crippen molar-refractivity contribution in [3.63, 3.8) is 0 Å². The monoisotopic (exact) mass is 216 g/mol. The summed E-state index contributed by atoms with van der Waals surface area (Å²) in [7, 11) is -3.92. The van der Waals surface area contributed by atoms with E-state index in [9.17, 15) is 8.42 Å². The highest BCUT2D eigenvalue weighted by molar-refractivity contribution is 7.86. The first-order valence-electron chi connectivity index (χ1n) is 3.64. The second-order valence-electron chi connectivity index (χ2n) is 2.96. The normalized spacial score (nSPS) is 30.8. The van der Waals surface area contributed by atoms with Crippen molar-refractivity contribution in [1.29, 1.82) is 0 Å². The minimum absolute atomic E-state index is 0. The molecule has 0 saturated heterocycles. The third kappa shape index (κ3) is 3.26. The third-order valence-corrected chi connectivity index (χ3v) is 3.29. The average Bonchev–Trinajstić information content (AvgIpc) is 1.86.